The van der Waals surface area contributed by atoms with Gasteiger partial charge in [0.2, 0.25) is 0 Å². The first-order valence-corrected chi connectivity index (χ1v) is 9.28. The van der Waals surface area contributed by atoms with Crippen molar-refractivity contribution >= 4 is 11.7 Å². The average Bonchev–Trinajstić information content (AvgIpc) is 3.45. The normalized spacial score (nSPS) is 16.2. The second-order valence-electron chi connectivity index (χ2n) is 7.21. The van der Waals surface area contributed by atoms with E-state index < -0.39 is 0 Å². The van der Waals surface area contributed by atoms with Gasteiger partial charge in [0.25, 0.3) is 5.91 Å². The molecule has 1 fully saturated rings. The third-order valence-electron chi connectivity index (χ3n) is 4.57. The second-order valence-corrected chi connectivity index (χ2v) is 7.21. The number of amides is 1. The van der Waals surface area contributed by atoms with Gasteiger partial charge in [0, 0.05) is 24.6 Å². The fourth-order valence-electron chi connectivity index (χ4n) is 3.17. The van der Waals surface area contributed by atoms with Crippen molar-refractivity contribution < 1.29 is 9.53 Å². The van der Waals surface area contributed by atoms with Gasteiger partial charge >= 0.3 is 0 Å². The summed E-state index contributed by atoms with van der Waals surface area (Å²) in [5.74, 6) is 2.76. The van der Waals surface area contributed by atoms with Crippen LogP contribution < -0.4 is 15.4 Å². The summed E-state index contributed by atoms with van der Waals surface area (Å²) in [4.78, 5) is 21.5. The molecule has 4 rings (SSSR count). The number of nitrogens with zero attached hydrogens (tertiary/aromatic N) is 2. The molecule has 0 unspecified atom stereocenters. The number of hydrogen-bond donors (Lipinski definition) is 2. The maximum atomic E-state index is 12.2. The number of hydrogen-bond acceptors (Lipinski definition) is 5. The Morgan fingerprint density at radius 2 is 2.15 bits per heavy atom. The van der Waals surface area contributed by atoms with Crippen molar-refractivity contribution in [3.8, 4) is 5.75 Å². The lowest BCUT2D eigenvalue weighted by molar-refractivity contribution is 0.0940. The third-order valence-corrected chi connectivity index (χ3v) is 4.57. The molecule has 2 aromatic rings. The first-order chi connectivity index (χ1) is 12.6. The van der Waals surface area contributed by atoms with Crippen LogP contribution in [0.15, 0.2) is 24.3 Å². The van der Waals surface area contributed by atoms with Crippen molar-refractivity contribution in [2.24, 2.45) is 0 Å². The molecule has 1 aromatic heterocycles. The molecule has 0 atom stereocenters. The zero-order valence-electron chi connectivity index (χ0n) is 15.2. The SMILES string of the molecule is CC(C)Oc1cccc(CNc2nc(C3CC3)nc3c2CCNC3=O)c1. The number of rotatable bonds is 6. The van der Waals surface area contributed by atoms with E-state index in [1.807, 2.05) is 32.0 Å². The van der Waals surface area contributed by atoms with E-state index in [9.17, 15) is 4.79 Å². The van der Waals surface area contributed by atoms with Gasteiger partial charge in [0.1, 0.15) is 23.1 Å². The number of anilines is 1. The topological polar surface area (TPSA) is 76.1 Å². The Hall–Kier alpha value is -2.63. The van der Waals surface area contributed by atoms with Gasteiger partial charge in [-0.25, -0.2) is 9.97 Å². The molecule has 1 aliphatic carbocycles. The second kappa shape index (κ2) is 6.94. The van der Waals surface area contributed by atoms with E-state index in [4.69, 9.17) is 9.72 Å². The summed E-state index contributed by atoms with van der Waals surface area (Å²) < 4.78 is 5.76. The Morgan fingerprint density at radius 3 is 2.92 bits per heavy atom. The van der Waals surface area contributed by atoms with Gasteiger partial charge in [0.05, 0.1) is 6.10 Å². The van der Waals surface area contributed by atoms with E-state index in [1.54, 1.807) is 0 Å². The van der Waals surface area contributed by atoms with E-state index >= 15 is 0 Å². The summed E-state index contributed by atoms with van der Waals surface area (Å²) in [6, 6.07) is 8.05. The van der Waals surface area contributed by atoms with Gasteiger partial charge in [-0.05, 0) is 50.8 Å². The Kier molecular flexibility index (Phi) is 4.49. The van der Waals surface area contributed by atoms with Crippen LogP contribution in [0.3, 0.4) is 0 Å². The maximum absolute atomic E-state index is 12.2. The Bertz CT molecular complexity index is 831. The number of fused-ring (bicyclic) bond motifs is 1. The zero-order valence-corrected chi connectivity index (χ0v) is 15.2. The minimum Gasteiger partial charge on any atom is -0.491 e. The predicted octanol–water partition coefficient (Wildman–Crippen LogP) is 3.04. The molecule has 1 amide bonds. The molecule has 2 aliphatic rings. The number of nitrogens with one attached hydrogen (secondary N) is 2. The predicted molar refractivity (Wildman–Crippen MR) is 99.6 cm³/mol. The molecule has 0 saturated heterocycles. The van der Waals surface area contributed by atoms with Crippen LogP contribution in [-0.4, -0.2) is 28.5 Å². The van der Waals surface area contributed by atoms with Crippen molar-refractivity contribution in [2.45, 2.75) is 51.7 Å². The highest BCUT2D eigenvalue weighted by Crippen LogP contribution is 2.39. The summed E-state index contributed by atoms with van der Waals surface area (Å²) in [5.41, 5.74) is 2.57. The Morgan fingerprint density at radius 1 is 1.31 bits per heavy atom. The number of carbonyl (C=O) groups excluding carboxylic acids is 1. The van der Waals surface area contributed by atoms with Gasteiger partial charge in [-0.1, -0.05) is 12.1 Å². The molecule has 1 aromatic carbocycles. The molecule has 136 valence electrons. The van der Waals surface area contributed by atoms with E-state index in [2.05, 4.69) is 21.7 Å². The summed E-state index contributed by atoms with van der Waals surface area (Å²) >= 11 is 0. The molecule has 0 bridgehead atoms. The first kappa shape index (κ1) is 16.8. The van der Waals surface area contributed by atoms with Crippen molar-refractivity contribution in [1.82, 2.24) is 15.3 Å². The van der Waals surface area contributed by atoms with Crippen LogP contribution in [0.5, 0.6) is 5.75 Å². The molecule has 26 heavy (non-hydrogen) atoms. The molecule has 6 heteroatoms. The monoisotopic (exact) mass is 352 g/mol. The summed E-state index contributed by atoms with van der Waals surface area (Å²) in [5, 5.41) is 6.30. The number of aromatic nitrogens is 2. The van der Waals surface area contributed by atoms with Crippen LogP contribution in [0.4, 0.5) is 5.82 Å². The smallest absolute Gasteiger partial charge is 0.270 e. The molecule has 1 aliphatic heterocycles. The van der Waals surface area contributed by atoms with Crippen LogP contribution in [0.2, 0.25) is 0 Å². The highest BCUT2D eigenvalue weighted by Gasteiger charge is 2.31. The summed E-state index contributed by atoms with van der Waals surface area (Å²) in [6.45, 7) is 5.29. The van der Waals surface area contributed by atoms with Gasteiger partial charge in [-0.3, -0.25) is 4.79 Å². The standard InChI is InChI=1S/C20H24N4O2/c1-12(2)26-15-5-3-4-13(10-15)11-22-19-16-8-9-21-20(25)17(16)23-18(24-19)14-6-7-14/h3-5,10,12,14H,6-9,11H2,1-2H3,(H,21,25)(H,22,23,24). The van der Waals surface area contributed by atoms with Gasteiger partial charge in [-0.2, -0.15) is 0 Å². The van der Waals surface area contributed by atoms with E-state index in [-0.39, 0.29) is 12.0 Å². The Labute approximate surface area is 153 Å². The molecule has 1 saturated carbocycles. The third kappa shape index (κ3) is 3.64. The van der Waals surface area contributed by atoms with Gasteiger partial charge in [0.15, 0.2) is 0 Å². The quantitative estimate of drug-likeness (QED) is 0.836. The van der Waals surface area contributed by atoms with Crippen LogP contribution in [0, 0.1) is 0 Å². The van der Waals surface area contributed by atoms with Gasteiger partial charge < -0.3 is 15.4 Å². The molecule has 2 N–H and O–H groups in total. The molecule has 6 nitrogen and oxygen atoms in total. The summed E-state index contributed by atoms with van der Waals surface area (Å²) in [7, 11) is 0. The largest absolute Gasteiger partial charge is 0.491 e. The fourth-order valence-corrected chi connectivity index (χ4v) is 3.17. The van der Waals surface area contributed by atoms with Crippen LogP contribution in [0.25, 0.3) is 0 Å². The lowest BCUT2D eigenvalue weighted by Crippen LogP contribution is -2.34. The minimum atomic E-state index is -0.0917. The van der Waals surface area contributed by atoms with Crippen molar-refractivity contribution in [2.75, 3.05) is 11.9 Å². The van der Waals surface area contributed by atoms with Crippen LogP contribution >= 0.6 is 0 Å². The molecule has 2 heterocycles. The van der Waals surface area contributed by atoms with Crippen LogP contribution in [-0.2, 0) is 13.0 Å². The lowest BCUT2D eigenvalue weighted by Gasteiger charge is -2.20. The number of ether oxygens (including phenoxy) is 1. The fraction of sp³-hybridized carbons (Fsp3) is 0.450. The van der Waals surface area contributed by atoms with Gasteiger partial charge in [-0.15, -0.1) is 0 Å². The average molecular weight is 352 g/mol. The highest BCUT2D eigenvalue weighted by atomic mass is 16.5. The van der Waals surface area contributed by atoms with Crippen LogP contribution in [0.1, 0.15) is 60.0 Å². The number of benzene rings is 1. The molecule has 0 spiro atoms. The van der Waals surface area contributed by atoms with Crippen molar-refractivity contribution in [3.05, 3.63) is 46.9 Å². The zero-order chi connectivity index (χ0) is 18.1. The van der Waals surface area contributed by atoms with E-state index in [0.29, 0.717) is 24.7 Å². The molecular formula is C20H24N4O2. The Balaban J connectivity index is 1.57. The maximum Gasteiger partial charge on any atom is 0.270 e. The highest BCUT2D eigenvalue weighted by molar-refractivity contribution is 5.96. The minimum absolute atomic E-state index is 0.0917. The molecule has 0 radical (unpaired) electrons. The molecular weight excluding hydrogens is 328 g/mol. The van der Waals surface area contributed by atoms with Crippen molar-refractivity contribution in [3.63, 3.8) is 0 Å². The number of carbonyl (C=O) groups is 1. The van der Waals surface area contributed by atoms with E-state index in [0.717, 1.165) is 47.8 Å². The lowest BCUT2D eigenvalue weighted by atomic mass is 10.1. The van der Waals surface area contributed by atoms with E-state index in [1.165, 1.54) is 0 Å². The summed E-state index contributed by atoms with van der Waals surface area (Å²) in [6.07, 6.45) is 3.11. The van der Waals surface area contributed by atoms with Crippen molar-refractivity contribution in [1.29, 1.82) is 0 Å². The first-order valence-electron chi connectivity index (χ1n) is 9.28.